The lowest BCUT2D eigenvalue weighted by Gasteiger charge is -2.42. The second-order valence-corrected chi connectivity index (χ2v) is 12.5. The molecule has 1 heterocycles. The molecule has 0 aromatic heterocycles. The molecule has 0 aromatic rings. The third kappa shape index (κ3) is 7.48. The van der Waals surface area contributed by atoms with E-state index in [1.54, 1.807) is 12.6 Å². The topological polar surface area (TPSA) is 49.4 Å². The van der Waals surface area contributed by atoms with E-state index in [0.717, 1.165) is 38.1 Å². The summed E-state index contributed by atoms with van der Waals surface area (Å²) in [5.41, 5.74) is 1.89. The SMILES string of the molecule is CCC(C)C[C@]1(C2=CC=CCC2C)CCCC(CC2CCC2)C(C)C(=O)N(CCC(=O)NC)CCC1. The molecule has 3 rings (SSSR count). The maximum absolute atomic E-state index is 13.8. The van der Waals surface area contributed by atoms with Gasteiger partial charge in [0.05, 0.1) is 0 Å². The molecule has 0 bridgehead atoms. The van der Waals surface area contributed by atoms with Crippen molar-refractivity contribution in [3.05, 3.63) is 23.8 Å². The fourth-order valence-electron chi connectivity index (χ4n) is 7.22. The molecule has 204 valence electrons. The summed E-state index contributed by atoms with van der Waals surface area (Å²) in [5, 5.41) is 2.74. The van der Waals surface area contributed by atoms with Gasteiger partial charge in [-0.25, -0.2) is 0 Å². The first-order valence-corrected chi connectivity index (χ1v) is 15.2. The second kappa shape index (κ2) is 13.8. The molecule has 0 radical (unpaired) electrons. The number of carbonyl (C=O) groups is 2. The average Bonchev–Trinajstić information content (AvgIpc) is 2.87. The Morgan fingerprint density at radius 1 is 1.17 bits per heavy atom. The Morgan fingerprint density at radius 2 is 1.92 bits per heavy atom. The van der Waals surface area contributed by atoms with Gasteiger partial charge in [-0.15, -0.1) is 0 Å². The predicted octanol–water partition coefficient (Wildman–Crippen LogP) is 7.30. The van der Waals surface area contributed by atoms with Crippen molar-refractivity contribution in [1.29, 1.82) is 0 Å². The quantitative estimate of drug-likeness (QED) is 0.362. The number of allylic oxidation sites excluding steroid dienone is 4. The normalized spacial score (nSPS) is 31.2. The van der Waals surface area contributed by atoms with E-state index in [-0.39, 0.29) is 23.1 Å². The molecule has 36 heavy (non-hydrogen) atoms. The smallest absolute Gasteiger partial charge is 0.225 e. The van der Waals surface area contributed by atoms with Crippen LogP contribution in [0.5, 0.6) is 0 Å². The first kappa shape index (κ1) is 29.0. The highest BCUT2D eigenvalue weighted by molar-refractivity contribution is 5.80. The van der Waals surface area contributed by atoms with Crippen LogP contribution < -0.4 is 5.32 Å². The molecule has 0 spiro atoms. The minimum atomic E-state index is 0.0230. The van der Waals surface area contributed by atoms with Crippen molar-refractivity contribution in [2.45, 2.75) is 111 Å². The fourth-order valence-corrected chi connectivity index (χ4v) is 7.22. The zero-order valence-electron chi connectivity index (χ0n) is 24.0. The van der Waals surface area contributed by atoms with Gasteiger partial charge in [-0.05, 0) is 74.0 Å². The van der Waals surface area contributed by atoms with Crippen molar-refractivity contribution >= 4 is 11.8 Å². The number of amides is 2. The van der Waals surface area contributed by atoms with E-state index in [1.807, 2.05) is 4.90 Å². The van der Waals surface area contributed by atoms with E-state index in [4.69, 9.17) is 0 Å². The predicted molar refractivity (Wildman–Crippen MR) is 150 cm³/mol. The third-order valence-electron chi connectivity index (χ3n) is 9.95. The van der Waals surface area contributed by atoms with Crippen LogP contribution >= 0.6 is 0 Å². The summed E-state index contributed by atoms with van der Waals surface area (Å²) < 4.78 is 0. The Balaban J connectivity index is 1.90. The largest absolute Gasteiger partial charge is 0.359 e. The van der Waals surface area contributed by atoms with E-state index in [1.165, 1.54) is 51.4 Å². The summed E-state index contributed by atoms with van der Waals surface area (Å²) in [4.78, 5) is 27.9. The minimum Gasteiger partial charge on any atom is -0.359 e. The maximum atomic E-state index is 13.8. The van der Waals surface area contributed by atoms with Crippen molar-refractivity contribution < 1.29 is 9.59 Å². The van der Waals surface area contributed by atoms with Gasteiger partial charge in [0.1, 0.15) is 0 Å². The van der Waals surface area contributed by atoms with Gasteiger partial charge in [-0.2, -0.15) is 0 Å². The highest BCUT2D eigenvalue weighted by Gasteiger charge is 2.39. The summed E-state index contributed by atoms with van der Waals surface area (Å²) in [5.74, 6) is 2.92. The highest BCUT2D eigenvalue weighted by atomic mass is 16.2. The highest BCUT2D eigenvalue weighted by Crippen LogP contribution is 2.50. The molecule has 4 unspecified atom stereocenters. The van der Waals surface area contributed by atoms with Crippen molar-refractivity contribution in [2.24, 2.45) is 35.0 Å². The molecule has 2 aliphatic carbocycles. The molecule has 1 N–H and O–H groups in total. The molecular formula is C32H54N2O2. The van der Waals surface area contributed by atoms with Crippen molar-refractivity contribution in [3.63, 3.8) is 0 Å². The second-order valence-electron chi connectivity index (χ2n) is 12.5. The van der Waals surface area contributed by atoms with E-state index in [2.05, 4.69) is 51.2 Å². The van der Waals surface area contributed by atoms with Gasteiger partial charge in [-0.1, -0.05) is 83.6 Å². The van der Waals surface area contributed by atoms with Gasteiger partial charge in [0.2, 0.25) is 11.8 Å². The monoisotopic (exact) mass is 498 g/mol. The fraction of sp³-hybridized carbons (Fsp3) is 0.812. The van der Waals surface area contributed by atoms with E-state index in [9.17, 15) is 9.59 Å². The summed E-state index contributed by atoms with van der Waals surface area (Å²) in [6.07, 6.45) is 22.1. The first-order chi connectivity index (χ1) is 17.3. The lowest BCUT2D eigenvalue weighted by molar-refractivity contribution is -0.137. The van der Waals surface area contributed by atoms with Crippen LogP contribution in [0.15, 0.2) is 23.8 Å². The molecule has 3 aliphatic rings. The summed E-state index contributed by atoms with van der Waals surface area (Å²) in [6.45, 7) is 10.7. The summed E-state index contributed by atoms with van der Waals surface area (Å²) in [7, 11) is 1.69. The Labute approximate surface area is 221 Å². The molecule has 2 amide bonds. The van der Waals surface area contributed by atoms with Gasteiger partial charge in [0.25, 0.3) is 0 Å². The molecule has 2 fully saturated rings. The minimum absolute atomic E-state index is 0.0230. The van der Waals surface area contributed by atoms with Gasteiger partial charge >= 0.3 is 0 Å². The molecular weight excluding hydrogens is 444 g/mol. The number of hydrogen-bond donors (Lipinski definition) is 1. The van der Waals surface area contributed by atoms with Gasteiger partial charge in [0, 0.05) is 32.5 Å². The lowest BCUT2D eigenvalue weighted by Crippen LogP contribution is -2.41. The lowest BCUT2D eigenvalue weighted by atomic mass is 9.62. The Bertz CT molecular complexity index is 783. The molecule has 4 nitrogen and oxygen atoms in total. The van der Waals surface area contributed by atoms with Crippen molar-refractivity contribution in [3.8, 4) is 0 Å². The zero-order chi connectivity index (χ0) is 26.1. The summed E-state index contributed by atoms with van der Waals surface area (Å²) in [6, 6.07) is 0. The van der Waals surface area contributed by atoms with Gasteiger partial charge in [0.15, 0.2) is 0 Å². The third-order valence-corrected chi connectivity index (χ3v) is 9.95. The molecule has 5 atom stereocenters. The van der Waals surface area contributed by atoms with Crippen LogP contribution in [0.4, 0.5) is 0 Å². The van der Waals surface area contributed by atoms with E-state index < -0.39 is 0 Å². The number of rotatable bonds is 9. The molecule has 4 heteroatoms. The number of carbonyl (C=O) groups excluding carboxylic acids is 2. The molecule has 1 saturated carbocycles. The van der Waals surface area contributed by atoms with Crippen LogP contribution in [-0.4, -0.2) is 36.9 Å². The van der Waals surface area contributed by atoms with Crippen LogP contribution in [0.1, 0.15) is 111 Å². The van der Waals surface area contributed by atoms with Crippen molar-refractivity contribution in [1.82, 2.24) is 10.2 Å². The van der Waals surface area contributed by atoms with E-state index in [0.29, 0.717) is 30.7 Å². The Morgan fingerprint density at radius 3 is 2.56 bits per heavy atom. The van der Waals surface area contributed by atoms with Gasteiger partial charge < -0.3 is 10.2 Å². The number of nitrogens with one attached hydrogen (secondary N) is 1. The van der Waals surface area contributed by atoms with Crippen LogP contribution in [0, 0.1) is 35.0 Å². The molecule has 1 aliphatic heterocycles. The molecule has 0 aromatic carbocycles. The first-order valence-electron chi connectivity index (χ1n) is 15.2. The number of nitrogens with zero attached hydrogens (tertiary/aromatic N) is 1. The van der Waals surface area contributed by atoms with E-state index >= 15 is 0 Å². The molecule has 1 saturated heterocycles. The Kier molecular flexibility index (Phi) is 11.1. The van der Waals surface area contributed by atoms with Crippen LogP contribution in [0.3, 0.4) is 0 Å². The van der Waals surface area contributed by atoms with Crippen LogP contribution in [-0.2, 0) is 9.59 Å². The average molecular weight is 499 g/mol. The zero-order valence-corrected chi connectivity index (χ0v) is 24.0. The van der Waals surface area contributed by atoms with Crippen LogP contribution in [0.25, 0.3) is 0 Å². The number of hydrogen-bond acceptors (Lipinski definition) is 2. The van der Waals surface area contributed by atoms with Gasteiger partial charge in [-0.3, -0.25) is 9.59 Å². The Hall–Kier alpha value is -1.58. The maximum Gasteiger partial charge on any atom is 0.225 e. The van der Waals surface area contributed by atoms with Crippen LogP contribution in [0.2, 0.25) is 0 Å². The summed E-state index contributed by atoms with van der Waals surface area (Å²) >= 11 is 0. The van der Waals surface area contributed by atoms with Crippen molar-refractivity contribution in [2.75, 3.05) is 20.1 Å². The standard InChI is InChI=1S/C32H54N2O2/c1-6-24(2)23-32(29-16-8-7-12-25(29)3)18-10-15-28(22-27-13-9-14-27)26(4)31(36)34(20-11-19-32)21-17-30(35)33-5/h7-8,16,24-28H,6,9-15,17-23H2,1-5H3,(H,33,35)/t24?,25?,26?,28?,32-/m0/s1.